The molecule has 2 fully saturated rings. The lowest BCUT2D eigenvalue weighted by Gasteiger charge is -2.55. The second-order valence-corrected chi connectivity index (χ2v) is 6.33. The normalized spacial score (nSPS) is 31.2. The molecule has 0 aromatic heterocycles. The fourth-order valence-corrected chi connectivity index (χ4v) is 3.63. The van der Waals surface area contributed by atoms with Crippen LogP contribution in [-0.2, 0) is 4.74 Å². The summed E-state index contributed by atoms with van der Waals surface area (Å²) in [6.07, 6.45) is 1.53. The number of rotatable bonds is 2. The zero-order valence-corrected chi connectivity index (χ0v) is 11.7. The van der Waals surface area contributed by atoms with Gasteiger partial charge in [0.25, 0.3) is 0 Å². The summed E-state index contributed by atoms with van der Waals surface area (Å²) in [4.78, 5) is 0. The van der Waals surface area contributed by atoms with Gasteiger partial charge in [0.2, 0.25) is 0 Å². The highest BCUT2D eigenvalue weighted by Crippen LogP contribution is 2.53. The zero-order valence-electron chi connectivity index (χ0n) is 11.7. The molecular formula is C16H20N2O. The van der Waals surface area contributed by atoms with Crippen LogP contribution in [0.3, 0.4) is 0 Å². The van der Waals surface area contributed by atoms with Gasteiger partial charge in [-0.1, -0.05) is 19.9 Å². The Morgan fingerprint density at radius 3 is 2.95 bits per heavy atom. The van der Waals surface area contributed by atoms with E-state index in [1.54, 1.807) is 0 Å². The summed E-state index contributed by atoms with van der Waals surface area (Å²) < 4.78 is 5.82. The van der Waals surface area contributed by atoms with Crippen molar-refractivity contribution in [2.75, 3.05) is 11.9 Å². The van der Waals surface area contributed by atoms with Gasteiger partial charge in [0, 0.05) is 29.7 Å². The van der Waals surface area contributed by atoms with Gasteiger partial charge in [-0.2, -0.15) is 5.26 Å². The van der Waals surface area contributed by atoms with Gasteiger partial charge >= 0.3 is 0 Å². The van der Waals surface area contributed by atoms with Crippen molar-refractivity contribution < 1.29 is 4.74 Å². The van der Waals surface area contributed by atoms with Gasteiger partial charge in [-0.05, 0) is 31.0 Å². The molecule has 1 aromatic rings. The van der Waals surface area contributed by atoms with E-state index < -0.39 is 0 Å². The number of fused-ring (bicyclic) bond motifs is 1. The largest absolute Gasteiger partial charge is 0.381 e. The maximum absolute atomic E-state index is 9.01. The highest BCUT2D eigenvalue weighted by atomic mass is 16.5. The van der Waals surface area contributed by atoms with Crippen LogP contribution in [-0.4, -0.2) is 18.8 Å². The summed E-state index contributed by atoms with van der Waals surface area (Å²) in [7, 11) is 0. The van der Waals surface area contributed by atoms with Gasteiger partial charge in [-0.15, -0.1) is 0 Å². The molecule has 3 unspecified atom stereocenters. The van der Waals surface area contributed by atoms with Gasteiger partial charge in [0.15, 0.2) is 0 Å². The van der Waals surface area contributed by atoms with E-state index in [4.69, 9.17) is 10.00 Å². The van der Waals surface area contributed by atoms with Crippen molar-refractivity contribution in [2.24, 2.45) is 11.3 Å². The van der Waals surface area contributed by atoms with E-state index in [1.165, 1.54) is 5.56 Å². The minimum absolute atomic E-state index is 0.163. The summed E-state index contributed by atoms with van der Waals surface area (Å²) in [6.45, 7) is 7.49. The Balaban J connectivity index is 1.84. The predicted molar refractivity (Wildman–Crippen MR) is 74.9 cm³/mol. The predicted octanol–water partition coefficient (Wildman–Crippen LogP) is 3.09. The number of hydrogen-bond donors (Lipinski definition) is 1. The number of anilines is 1. The van der Waals surface area contributed by atoms with E-state index in [-0.39, 0.29) is 5.41 Å². The van der Waals surface area contributed by atoms with Crippen LogP contribution in [0.4, 0.5) is 5.69 Å². The van der Waals surface area contributed by atoms with Crippen LogP contribution in [0, 0.1) is 29.6 Å². The molecule has 0 amide bonds. The first kappa shape index (κ1) is 12.5. The molecule has 1 saturated heterocycles. The molecule has 100 valence electrons. The quantitative estimate of drug-likeness (QED) is 0.884. The molecule has 0 radical (unpaired) electrons. The van der Waals surface area contributed by atoms with Crippen LogP contribution in [0.25, 0.3) is 0 Å². The summed E-state index contributed by atoms with van der Waals surface area (Å²) in [5, 5.41) is 12.7. The second-order valence-electron chi connectivity index (χ2n) is 6.33. The molecule has 2 aliphatic rings. The van der Waals surface area contributed by atoms with Crippen molar-refractivity contribution in [1.82, 2.24) is 0 Å². The Labute approximate surface area is 114 Å². The first-order valence-corrected chi connectivity index (χ1v) is 6.93. The lowest BCUT2D eigenvalue weighted by molar-refractivity contribution is -0.0923. The van der Waals surface area contributed by atoms with Gasteiger partial charge in [-0.25, -0.2) is 0 Å². The number of aryl methyl sites for hydroxylation is 1. The third-order valence-corrected chi connectivity index (χ3v) is 4.78. The van der Waals surface area contributed by atoms with Crippen LogP contribution < -0.4 is 5.32 Å². The highest BCUT2D eigenvalue weighted by Gasteiger charge is 2.59. The highest BCUT2D eigenvalue weighted by molar-refractivity contribution is 5.56. The van der Waals surface area contributed by atoms with E-state index >= 15 is 0 Å². The van der Waals surface area contributed by atoms with Crippen molar-refractivity contribution >= 4 is 5.69 Å². The molecule has 1 heterocycles. The zero-order chi connectivity index (χ0) is 13.6. The summed E-state index contributed by atoms with van der Waals surface area (Å²) in [5.74, 6) is 0.611. The van der Waals surface area contributed by atoms with E-state index in [9.17, 15) is 0 Å². The van der Waals surface area contributed by atoms with E-state index in [1.807, 2.05) is 18.2 Å². The summed E-state index contributed by atoms with van der Waals surface area (Å²) >= 11 is 0. The van der Waals surface area contributed by atoms with Crippen molar-refractivity contribution in [3.63, 3.8) is 0 Å². The maximum Gasteiger partial charge on any atom is 0.0992 e. The van der Waals surface area contributed by atoms with Gasteiger partial charge in [-0.3, -0.25) is 0 Å². The minimum atomic E-state index is 0.163. The standard InChI is InChI=1S/C16H20N2O/c1-10-4-5-11(9-17)8-13(10)18-14-12-6-7-19-15(12)16(14,2)3/h4-5,8,12,14-15,18H,6-7H2,1-3H3. The van der Waals surface area contributed by atoms with E-state index in [2.05, 4.69) is 32.2 Å². The number of ether oxygens (including phenoxy) is 1. The smallest absolute Gasteiger partial charge is 0.0992 e. The second kappa shape index (κ2) is 4.25. The van der Waals surface area contributed by atoms with Crippen molar-refractivity contribution in [3.8, 4) is 6.07 Å². The first-order chi connectivity index (χ1) is 9.04. The third-order valence-electron chi connectivity index (χ3n) is 4.78. The third kappa shape index (κ3) is 1.82. The fourth-order valence-electron chi connectivity index (χ4n) is 3.63. The minimum Gasteiger partial charge on any atom is -0.381 e. The Morgan fingerprint density at radius 1 is 1.42 bits per heavy atom. The maximum atomic E-state index is 9.01. The average molecular weight is 256 g/mol. The molecular weight excluding hydrogens is 236 g/mol. The average Bonchev–Trinajstić information content (AvgIpc) is 2.84. The molecule has 0 spiro atoms. The molecule has 3 heteroatoms. The van der Waals surface area contributed by atoms with Crippen LogP contribution in [0.5, 0.6) is 0 Å². The summed E-state index contributed by atoms with van der Waals surface area (Å²) in [6, 6.07) is 8.47. The fraction of sp³-hybridized carbons (Fsp3) is 0.562. The molecule has 1 N–H and O–H groups in total. The Kier molecular flexibility index (Phi) is 2.79. The number of benzene rings is 1. The van der Waals surface area contributed by atoms with Crippen molar-refractivity contribution in [2.45, 2.75) is 39.3 Å². The van der Waals surface area contributed by atoms with Crippen LogP contribution in [0.2, 0.25) is 0 Å². The Morgan fingerprint density at radius 2 is 2.21 bits per heavy atom. The number of nitrogens with zero attached hydrogens (tertiary/aromatic N) is 1. The Bertz CT molecular complexity index is 544. The molecule has 1 aliphatic carbocycles. The molecule has 3 nitrogen and oxygen atoms in total. The molecule has 1 saturated carbocycles. The van der Waals surface area contributed by atoms with Crippen LogP contribution in [0.1, 0.15) is 31.4 Å². The SMILES string of the molecule is Cc1ccc(C#N)cc1NC1C2CCOC2C1(C)C. The molecule has 0 bridgehead atoms. The number of nitrogens with one attached hydrogen (secondary N) is 1. The molecule has 19 heavy (non-hydrogen) atoms. The molecule has 1 aliphatic heterocycles. The van der Waals surface area contributed by atoms with Crippen LogP contribution >= 0.6 is 0 Å². The van der Waals surface area contributed by atoms with Gasteiger partial charge in [0.1, 0.15) is 0 Å². The number of hydrogen-bond acceptors (Lipinski definition) is 3. The first-order valence-electron chi connectivity index (χ1n) is 6.93. The van der Waals surface area contributed by atoms with E-state index in [0.29, 0.717) is 23.6 Å². The van der Waals surface area contributed by atoms with E-state index in [0.717, 1.165) is 18.7 Å². The molecule has 3 rings (SSSR count). The van der Waals surface area contributed by atoms with Crippen molar-refractivity contribution in [1.29, 1.82) is 5.26 Å². The molecule has 1 aromatic carbocycles. The topological polar surface area (TPSA) is 45.0 Å². The lowest BCUT2D eigenvalue weighted by Crippen LogP contribution is -2.63. The molecule has 3 atom stereocenters. The Hall–Kier alpha value is -1.53. The number of nitriles is 1. The van der Waals surface area contributed by atoms with Gasteiger partial charge < -0.3 is 10.1 Å². The van der Waals surface area contributed by atoms with Gasteiger partial charge in [0.05, 0.1) is 17.7 Å². The monoisotopic (exact) mass is 256 g/mol. The summed E-state index contributed by atoms with van der Waals surface area (Å²) in [5.41, 5.74) is 3.15. The van der Waals surface area contributed by atoms with Crippen molar-refractivity contribution in [3.05, 3.63) is 29.3 Å². The van der Waals surface area contributed by atoms with Crippen LogP contribution in [0.15, 0.2) is 18.2 Å². The lowest BCUT2D eigenvalue weighted by atomic mass is 9.57.